The molecule has 2 aromatic carbocycles. The van der Waals surface area contributed by atoms with E-state index in [-0.39, 0.29) is 5.11 Å². The van der Waals surface area contributed by atoms with Crippen molar-refractivity contribution in [2.24, 2.45) is 0 Å². The van der Waals surface area contributed by atoms with Crippen LogP contribution in [0.15, 0.2) is 71.2 Å². The van der Waals surface area contributed by atoms with Crippen molar-refractivity contribution in [3.05, 3.63) is 83.1 Å². The number of anilines is 1. The second kappa shape index (κ2) is 9.00. The van der Waals surface area contributed by atoms with Gasteiger partial charge in [0, 0.05) is 16.7 Å². The minimum Gasteiger partial charge on any atom is -0.457 e. The maximum absolute atomic E-state index is 12.0. The molecule has 138 valence electrons. The Bertz CT molecular complexity index is 1080. The maximum atomic E-state index is 12.0. The number of thiocarbonyl (C=S) groups is 1. The van der Waals surface area contributed by atoms with Gasteiger partial charge in [0.2, 0.25) is 5.91 Å². The molecule has 3 rings (SSSR count). The molecule has 0 saturated heterocycles. The lowest BCUT2D eigenvalue weighted by molar-refractivity contribution is -0.115. The summed E-state index contributed by atoms with van der Waals surface area (Å²) in [5, 5.41) is 15.2. The smallest absolute Gasteiger partial charge is 0.250 e. The molecule has 1 heterocycles. The lowest BCUT2D eigenvalue weighted by Gasteiger charge is -2.09. The SMILES string of the molecule is N#Cc1ccccc1NC(=S)NC(=O)C=Cc1ccc(-c2ccc(Cl)cc2)o1. The molecule has 0 radical (unpaired) electrons. The number of carbonyl (C=O) groups excluding carboxylic acids is 1. The molecule has 0 atom stereocenters. The summed E-state index contributed by atoms with van der Waals surface area (Å²) in [6.07, 6.45) is 2.86. The van der Waals surface area contributed by atoms with Crippen LogP contribution in [0.25, 0.3) is 17.4 Å². The monoisotopic (exact) mass is 407 g/mol. The van der Waals surface area contributed by atoms with E-state index < -0.39 is 5.91 Å². The number of halogens is 1. The van der Waals surface area contributed by atoms with Gasteiger partial charge >= 0.3 is 0 Å². The van der Waals surface area contributed by atoms with E-state index in [9.17, 15) is 4.79 Å². The summed E-state index contributed by atoms with van der Waals surface area (Å²) in [7, 11) is 0. The van der Waals surface area contributed by atoms with E-state index in [1.807, 2.05) is 18.2 Å². The van der Waals surface area contributed by atoms with Crippen molar-refractivity contribution in [3.63, 3.8) is 0 Å². The molecule has 3 aromatic rings. The number of nitrogens with zero attached hydrogens (tertiary/aromatic N) is 1. The van der Waals surface area contributed by atoms with Gasteiger partial charge < -0.3 is 9.73 Å². The quantitative estimate of drug-likeness (QED) is 0.470. The summed E-state index contributed by atoms with van der Waals surface area (Å²) < 4.78 is 5.70. The van der Waals surface area contributed by atoms with Gasteiger partial charge in [-0.1, -0.05) is 23.7 Å². The van der Waals surface area contributed by atoms with Crippen LogP contribution >= 0.6 is 23.8 Å². The van der Waals surface area contributed by atoms with Crippen molar-refractivity contribution >= 4 is 46.6 Å². The zero-order valence-electron chi connectivity index (χ0n) is 14.5. The van der Waals surface area contributed by atoms with Crippen LogP contribution in [0, 0.1) is 11.3 Å². The lowest BCUT2D eigenvalue weighted by atomic mass is 10.2. The van der Waals surface area contributed by atoms with Crippen LogP contribution in [0.4, 0.5) is 5.69 Å². The highest BCUT2D eigenvalue weighted by Gasteiger charge is 2.06. The molecule has 0 aliphatic heterocycles. The molecule has 1 amide bonds. The molecule has 0 fully saturated rings. The van der Waals surface area contributed by atoms with Crippen LogP contribution < -0.4 is 10.6 Å². The fraction of sp³-hybridized carbons (Fsp3) is 0. The Labute approximate surface area is 172 Å². The number of hydrogen-bond donors (Lipinski definition) is 2. The Morgan fingerprint density at radius 3 is 2.61 bits per heavy atom. The van der Waals surface area contributed by atoms with Crippen LogP contribution in [0.3, 0.4) is 0 Å². The maximum Gasteiger partial charge on any atom is 0.250 e. The molecule has 0 saturated carbocycles. The summed E-state index contributed by atoms with van der Waals surface area (Å²) in [5.74, 6) is 0.771. The molecule has 0 aliphatic rings. The first-order valence-electron chi connectivity index (χ1n) is 8.20. The van der Waals surface area contributed by atoms with Crippen LogP contribution in [0.2, 0.25) is 5.02 Å². The Hall–Kier alpha value is -3.40. The Balaban J connectivity index is 1.59. The first kappa shape index (κ1) is 19.4. The molecule has 1 aromatic heterocycles. The van der Waals surface area contributed by atoms with Crippen molar-refractivity contribution in [3.8, 4) is 17.4 Å². The van der Waals surface area contributed by atoms with E-state index in [4.69, 9.17) is 33.5 Å². The van der Waals surface area contributed by atoms with Crippen molar-refractivity contribution in [2.45, 2.75) is 0 Å². The van der Waals surface area contributed by atoms with Gasteiger partial charge in [0.25, 0.3) is 0 Å². The standard InChI is InChI=1S/C21H14ClN3O2S/c22-16-7-5-14(6-8-16)19-11-9-17(27-19)10-12-20(26)25-21(28)24-18-4-2-1-3-15(18)13-23/h1-12H,(H2,24,25,26,28). The van der Waals surface area contributed by atoms with Crippen molar-refractivity contribution in [1.82, 2.24) is 5.32 Å². The van der Waals surface area contributed by atoms with E-state index in [0.717, 1.165) is 5.56 Å². The Morgan fingerprint density at radius 2 is 1.86 bits per heavy atom. The van der Waals surface area contributed by atoms with Gasteiger partial charge in [0.05, 0.1) is 11.3 Å². The van der Waals surface area contributed by atoms with Crippen molar-refractivity contribution in [1.29, 1.82) is 5.26 Å². The normalized spacial score (nSPS) is 10.4. The van der Waals surface area contributed by atoms with Crippen LogP contribution in [-0.2, 0) is 4.79 Å². The molecule has 0 aliphatic carbocycles. The predicted molar refractivity (Wildman–Crippen MR) is 114 cm³/mol. The van der Waals surface area contributed by atoms with E-state index in [0.29, 0.717) is 27.8 Å². The second-order valence-corrected chi connectivity index (χ2v) is 6.49. The fourth-order valence-corrected chi connectivity index (χ4v) is 2.70. The average molecular weight is 408 g/mol. The summed E-state index contributed by atoms with van der Waals surface area (Å²) in [6, 6.07) is 19.7. The largest absolute Gasteiger partial charge is 0.457 e. The first-order chi connectivity index (χ1) is 13.5. The second-order valence-electron chi connectivity index (χ2n) is 5.64. The van der Waals surface area contributed by atoms with E-state index in [2.05, 4.69) is 16.7 Å². The summed E-state index contributed by atoms with van der Waals surface area (Å²) in [4.78, 5) is 12.0. The lowest BCUT2D eigenvalue weighted by Crippen LogP contribution is -2.33. The summed E-state index contributed by atoms with van der Waals surface area (Å²) in [5.41, 5.74) is 1.84. The number of nitriles is 1. The highest BCUT2D eigenvalue weighted by Crippen LogP contribution is 2.24. The number of para-hydroxylation sites is 1. The van der Waals surface area contributed by atoms with Gasteiger partial charge in [-0.05, 0) is 66.8 Å². The van der Waals surface area contributed by atoms with Gasteiger partial charge in [-0.15, -0.1) is 0 Å². The number of benzene rings is 2. The van der Waals surface area contributed by atoms with Crippen molar-refractivity contribution < 1.29 is 9.21 Å². The average Bonchev–Trinajstić information content (AvgIpc) is 3.16. The Kier molecular flexibility index (Phi) is 6.22. The molecule has 5 nitrogen and oxygen atoms in total. The van der Waals surface area contributed by atoms with Crippen molar-refractivity contribution in [2.75, 3.05) is 5.32 Å². The third-order valence-electron chi connectivity index (χ3n) is 3.69. The minimum absolute atomic E-state index is 0.0960. The van der Waals surface area contributed by atoms with Gasteiger partial charge in [-0.3, -0.25) is 10.1 Å². The molecule has 0 bridgehead atoms. The van der Waals surface area contributed by atoms with Gasteiger partial charge in [0.15, 0.2) is 5.11 Å². The van der Waals surface area contributed by atoms with E-state index >= 15 is 0 Å². The number of nitrogens with one attached hydrogen (secondary N) is 2. The van der Waals surface area contributed by atoms with Gasteiger partial charge in [0.1, 0.15) is 17.6 Å². The third kappa shape index (κ3) is 5.07. The fourth-order valence-electron chi connectivity index (χ4n) is 2.37. The van der Waals surface area contributed by atoms with E-state index in [1.165, 1.54) is 6.08 Å². The zero-order valence-corrected chi connectivity index (χ0v) is 16.1. The van der Waals surface area contributed by atoms with Gasteiger partial charge in [-0.2, -0.15) is 5.26 Å². The number of carbonyl (C=O) groups is 1. The summed E-state index contributed by atoms with van der Waals surface area (Å²) >= 11 is 11.0. The van der Waals surface area contributed by atoms with Crippen LogP contribution in [0.5, 0.6) is 0 Å². The van der Waals surface area contributed by atoms with Crippen LogP contribution in [-0.4, -0.2) is 11.0 Å². The number of furan rings is 1. The number of amides is 1. The van der Waals surface area contributed by atoms with E-state index in [1.54, 1.807) is 48.5 Å². The highest BCUT2D eigenvalue weighted by atomic mass is 35.5. The number of rotatable bonds is 4. The molecule has 0 spiro atoms. The predicted octanol–water partition coefficient (Wildman–Crippen LogP) is 5.00. The highest BCUT2D eigenvalue weighted by molar-refractivity contribution is 7.80. The molecule has 7 heteroatoms. The molecular formula is C21H14ClN3O2S. The topological polar surface area (TPSA) is 78.1 Å². The Morgan fingerprint density at radius 1 is 1.11 bits per heavy atom. The van der Waals surface area contributed by atoms with Crippen LogP contribution in [0.1, 0.15) is 11.3 Å². The first-order valence-corrected chi connectivity index (χ1v) is 8.99. The molecule has 0 unspecified atom stereocenters. The zero-order chi connectivity index (χ0) is 19.9. The minimum atomic E-state index is -0.420. The number of hydrogen-bond acceptors (Lipinski definition) is 4. The van der Waals surface area contributed by atoms with Gasteiger partial charge in [-0.25, -0.2) is 0 Å². The third-order valence-corrected chi connectivity index (χ3v) is 4.14. The molecule has 28 heavy (non-hydrogen) atoms. The summed E-state index contributed by atoms with van der Waals surface area (Å²) in [6.45, 7) is 0. The molecular weight excluding hydrogens is 394 g/mol. The molecule has 2 N–H and O–H groups in total.